The largest absolute Gasteiger partial charge is 0.355 e. The highest BCUT2D eigenvalue weighted by Crippen LogP contribution is 2.06. The zero-order valence-corrected chi connectivity index (χ0v) is 9.21. The number of hydrogen-bond acceptors (Lipinski definition) is 2. The van der Waals surface area contributed by atoms with Crippen molar-refractivity contribution in [3.8, 4) is 0 Å². The third kappa shape index (κ3) is 4.18. The number of amides is 3. The van der Waals surface area contributed by atoms with Crippen LogP contribution in [0.5, 0.6) is 0 Å². The second-order valence-electron chi connectivity index (χ2n) is 3.70. The lowest BCUT2D eigenvalue weighted by molar-refractivity contribution is -0.120. The molecule has 0 aromatic carbocycles. The number of likely N-dealkylation sites (tertiary alicyclic amines) is 1. The minimum atomic E-state index is -0.126. The van der Waals surface area contributed by atoms with Crippen LogP contribution in [0.25, 0.3) is 0 Å². The van der Waals surface area contributed by atoms with E-state index in [0.717, 1.165) is 32.4 Å². The molecule has 1 heterocycles. The summed E-state index contributed by atoms with van der Waals surface area (Å²) < 4.78 is 0. The maximum atomic E-state index is 11.5. The van der Waals surface area contributed by atoms with E-state index in [1.807, 2.05) is 6.92 Å². The van der Waals surface area contributed by atoms with E-state index in [1.54, 1.807) is 4.90 Å². The van der Waals surface area contributed by atoms with Crippen molar-refractivity contribution in [1.29, 1.82) is 0 Å². The number of hydrogen-bond donors (Lipinski definition) is 2. The minimum absolute atomic E-state index is 0.0787. The molecule has 1 fully saturated rings. The summed E-state index contributed by atoms with van der Waals surface area (Å²) in [4.78, 5) is 24.4. The van der Waals surface area contributed by atoms with Crippen LogP contribution in [0.1, 0.15) is 26.2 Å². The standard InChI is InChI=1S/C10H19N3O2/c1-2-5-11-9(14)8-12-10(15)13-6-3-4-7-13/h2-8H2,1H3,(H,11,14)(H,12,15). The van der Waals surface area contributed by atoms with Crippen LogP contribution in [0.3, 0.4) is 0 Å². The number of rotatable bonds is 4. The maximum Gasteiger partial charge on any atom is 0.317 e. The van der Waals surface area contributed by atoms with Gasteiger partial charge < -0.3 is 15.5 Å². The van der Waals surface area contributed by atoms with E-state index in [4.69, 9.17) is 0 Å². The molecule has 0 bridgehead atoms. The summed E-state index contributed by atoms with van der Waals surface area (Å²) in [5.74, 6) is -0.121. The van der Waals surface area contributed by atoms with Crippen LogP contribution in [0, 0.1) is 0 Å². The fourth-order valence-electron chi connectivity index (χ4n) is 1.51. The van der Waals surface area contributed by atoms with E-state index in [0.29, 0.717) is 6.54 Å². The number of carbonyl (C=O) groups is 2. The van der Waals surface area contributed by atoms with Gasteiger partial charge in [0, 0.05) is 19.6 Å². The van der Waals surface area contributed by atoms with E-state index in [-0.39, 0.29) is 18.5 Å². The SMILES string of the molecule is CCCNC(=O)CNC(=O)N1CCCC1. The van der Waals surface area contributed by atoms with Crippen LogP contribution in [0.4, 0.5) is 4.79 Å². The molecule has 1 aliphatic heterocycles. The van der Waals surface area contributed by atoms with E-state index >= 15 is 0 Å². The molecule has 5 nitrogen and oxygen atoms in total. The Labute approximate surface area is 90.2 Å². The molecule has 0 spiro atoms. The normalized spacial score (nSPS) is 15.1. The predicted octanol–water partition coefficient (Wildman–Crippen LogP) is 0.318. The highest BCUT2D eigenvalue weighted by atomic mass is 16.2. The number of urea groups is 1. The molecule has 86 valence electrons. The molecule has 15 heavy (non-hydrogen) atoms. The van der Waals surface area contributed by atoms with E-state index in [2.05, 4.69) is 10.6 Å². The average Bonchev–Trinajstić information content (AvgIpc) is 2.76. The Kier molecular flexibility index (Phi) is 4.93. The van der Waals surface area contributed by atoms with Gasteiger partial charge in [0.2, 0.25) is 5.91 Å². The van der Waals surface area contributed by atoms with Gasteiger partial charge in [-0.1, -0.05) is 6.92 Å². The summed E-state index contributed by atoms with van der Waals surface area (Å²) in [5.41, 5.74) is 0. The summed E-state index contributed by atoms with van der Waals surface area (Å²) in [6.07, 6.45) is 3.04. The molecule has 5 heteroatoms. The first-order valence-electron chi connectivity index (χ1n) is 5.53. The Morgan fingerprint density at radius 1 is 1.20 bits per heavy atom. The van der Waals surface area contributed by atoms with Gasteiger partial charge in [-0.05, 0) is 19.3 Å². The Hall–Kier alpha value is -1.26. The van der Waals surface area contributed by atoms with E-state index < -0.39 is 0 Å². The fraction of sp³-hybridized carbons (Fsp3) is 0.800. The van der Waals surface area contributed by atoms with Crippen molar-refractivity contribution in [2.45, 2.75) is 26.2 Å². The van der Waals surface area contributed by atoms with Gasteiger partial charge in [-0.3, -0.25) is 4.79 Å². The third-order valence-electron chi connectivity index (χ3n) is 2.37. The van der Waals surface area contributed by atoms with Gasteiger partial charge in [0.15, 0.2) is 0 Å². The van der Waals surface area contributed by atoms with Gasteiger partial charge in [0.25, 0.3) is 0 Å². The molecule has 0 radical (unpaired) electrons. The molecular formula is C10H19N3O2. The Balaban J connectivity index is 2.12. The van der Waals surface area contributed by atoms with Gasteiger partial charge in [-0.25, -0.2) is 4.79 Å². The zero-order valence-electron chi connectivity index (χ0n) is 9.21. The van der Waals surface area contributed by atoms with Crippen molar-refractivity contribution >= 4 is 11.9 Å². The molecule has 0 aromatic rings. The van der Waals surface area contributed by atoms with E-state index in [1.165, 1.54) is 0 Å². The summed E-state index contributed by atoms with van der Waals surface area (Å²) >= 11 is 0. The smallest absolute Gasteiger partial charge is 0.317 e. The van der Waals surface area contributed by atoms with Crippen LogP contribution >= 0.6 is 0 Å². The van der Waals surface area contributed by atoms with Gasteiger partial charge in [-0.15, -0.1) is 0 Å². The maximum absolute atomic E-state index is 11.5. The first-order valence-corrected chi connectivity index (χ1v) is 5.53. The van der Waals surface area contributed by atoms with Crippen LogP contribution < -0.4 is 10.6 Å². The predicted molar refractivity (Wildman–Crippen MR) is 57.5 cm³/mol. The number of nitrogens with zero attached hydrogens (tertiary/aromatic N) is 1. The number of carbonyl (C=O) groups excluding carboxylic acids is 2. The molecule has 0 saturated carbocycles. The summed E-state index contributed by atoms with van der Waals surface area (Å²) in [6, 6.07) is -0.126. The summed E-state index contributed by atoms with van der Waals surface area (Å²) in [5, 5.41) is 5.31. The van der Waals surface area contributed by atoms with Crippen molar-refractivity contribution in [1.82, 2.24) is 15.5 Å². The van der Waals surface area contributed by atoms with Crippen LogP contribution in [-0.2, 0) is 4.79 Å². The average molecular weight is 213 g/mol. The molecule has 3 amide bonds. The molecule has 0 atom stereocenters. The van der Waals surface area contributed by atoms with Crippen molar-refractivity contribution in [2.24, 2.45) is 0 Å². The van der Waals surface area contributed by atoms with Crippen molar-refractivity contribution in [2.75, 3.05) is 26.2 Å². The van der Waals surface area contributed by atoms with Gasteiger partial charge >= 0.3 is 6.03 Å². The van der Waals surface area contributed by atoms with Crippen molar-refractivity contribution in [3.63, 3.8) is 0 Å². The van der Waals surface area contributed by atoms with Gasteiger partial charge in [0.1, 0.15) is 0 Å². The summed E-state index contributed by atoms with van der Waals surface area (Å²) in [6.45, 7) is 4.35. The molecule has 0 aliphatic carbocycles. The lowest BCUT2D eigenvalue weighted by atomic mass is 10.4. The van der Waals surface area contributed by atoms with Crippen LogP contribution in [0.2, 0.25) is 0 Å². The summed E-state index contributed by atoms with van der Waals surface area (Å²) in [7, 11) is 0. The molecule has 1 aliphatic rings. The van der Waals surface area contributed by atoms with Gasteiger partial charge in [-0.2, -0.15) is 0 Å². The zero-order chi connectivity index (χ0) is 11.1. The molecule has 2 N–H and O–H groups in total. The van der Waals surface area contributed by atoms with Crippen molar-refractivity contribution < 1.29 is 9.59 Å². The monoisotopic (exact) mass is 213 g/mol. The van der Waals surface area contributed by atoms with Gasteiger partial charge in [0.05, 0.1) is 6.54 Å². The quantitative estimate of drug-likeness (QED) is 0.706. The molecule has 1 saturated heterocycles. The molecule has 0 aromatic heterocycles. The fourth-order valence-corrected chi connectivity index (χ4v) is 1.51. The lowest BCUT2D eigenvalue weighted by Crippen LogP contribution is -2.43. The Morgan fingerprint density at radius 3 is 2.47 bits per heavy atom. The highest BCUT2D eigenvalue weighted by Gasteiger charge is 2.17. The highest BCUT2D eigenvalue weighted by molar-refractivity contribution is 5.83. The Morgan fingerprint density at radius 2 is 1.87 bits per heavy atom. The topological polar surface area (TPSA) is 61.4 Å². The van der Waals surface area contributed by atoms with E-state index in [9.17, 15) is 9.59 Å². The Bertz CT molecular complexity index is 225. The molecular weight excluding hydrogens is 194 g/mol. The van der Waals surface area contributed by atoms with Crippen LogP contribution in [-0.4, -0.2) is 43.0 Å². The van der Waals surface area contributed by atoms with Crippen molar-refractivity contribution in [3.05, 3.63) is 0 Å². The lowest BCUT2D eigenvalue weighted by Gasteiger charge is -2.15. The first kappa shape index (κ1) is 11.8. The molecule has 0 unspecified atom stereocenters. The first-order chi connectivity index (χ1) is 7.24. The molecule has 1 rings (SSSR count). The second kappa shape index (κ2) is 6.27. The number of nitrogens with one attached hydrogen (secondary N) is 2. The minimum Gasteiger partial charge on any atom is -0.355 e. The second-order valence-corrected chi connectivity index (χ2v) is 3.70. The van der Waals surface area contributed by atoms with Crippen LogP contribution in [0.15, 0.2) is 0 Å². The third-order valence-corrected chi connectivity index (χ3v) is 2.37.